The van der Waals surface area contributed by atoms with Gasteiger partial charge in [-0.3, -0.25) is 14.4 Å². The maximum absolute atomic E-state index is 13.3. The van der Waals surface area contributed by atoms with E-state index in [-0.39, 0.29) is 54.9 Å². The van der Waals surface area contributed by atoms with Crippen LogP contribution in [-0.2, 0) is 14.3 Å². The van der Waals surface area contributed by atoms with Crippen molar-refractivity contribution in [1.82, 2.24) is 4.90 Å². The first-order valence-corrected chi connectivity index (χ1v) is 11.7. The van der Waals surface area contributed by atoms with Gasteiger partial charge in [0, 0.05) is 24.3 Å². The van der Waals surface area contributed by atoms with Crippen molar-refractivity contribution in [3.8, 4) is 5.75 Å². The molecule has 2 N–H and O–H groups in total. The van der Waals surface area contributed by atoms with Crippen LogP contribution in [0.1, 0.15) is 43.5 Å². The minimum Gasteiger partial charge on any atom is -0.490 e. The Morgan fingerprint density at radius 3 is 2.56 bits per heavy atom. The molecule has 2 aromatic carbocycles. The maximum Gasteiger partial charge on any atom is 0.257 e. The number of nitrogens with one attached hydrogen (secondary N) is 2. The van der Waals surface area contributed by atoms with Crippen LogP contribution in [0.3, 0.4) is 0 Å². The predicted molar refractivity (Wildman–Crippen MR) is 129 cm³/mol. The van der Waals surface area contributed by atoms with Gasteiger partial charge in [-0.1, -0.05) is 32.0 Å². The van der Waals surface area contributed by atoms with Crippen molar-refractivity contribution in [2.75, 3.05) is 24.3 Å². The van der Waals surface area contributed by atoms with Gasteiger partial charge >= 0.3 is 0 Å². The molecule has 2 aliphatic heterocycles. The number of hydrogen-bond donors (Lipinski definition) is 2. The fourth-order valence-corrected chi connectivity index (χ4v) is 4.33. The summed E-state index contributed by atoms with van der Waals surface area (Å²) in [6, 6.07) is 14.2. The average Bonchev–Trinajstić information content (AvgIpc) is 2.82. The van der Waals surface area contributed by atoms with Gasteiger partial charge in [-0.2, -0.15) is 0 Å². The quantitative estimate of drug-likeness (QED) is 0.702. The number of nitrogens with zero attached hydrogens (tertiary/aromatic N) is 1. The summed E-state index contributed by atoms with van der Waals surface area (Å²) in [6.45, 7) is 3.89. The van der Waals surface area contributed by atoms with Crippen molar-refractivity contribution in [1.29, 1.82) is 0 Å². The van der Waals surface area contributed by atoms with E-state index in [0.717, 1.165) is 5.69 Å². The molecule has 8 heteroatoms. The molecule has 0 aliphatic carbocycles. The standard InChI is InChI=1S/C26H31N3O5/c1-16(2)25(31)28-18-9-12-22-20(13-18)26(32)29(3)21-11-10-19(34-23(21)15-33-22)14-24(30)27-17-7-5-4-6-8-17/h4-9,12-13,16,19,21,23H,10-11,14-15H2,1-3H3,(H,27,30)(H,28,31)/t19-,21-,23+/m1/s1. The Bertz CT molecular complexity index is 1060. The summed E-state index contributed by atoms with van der Waals surface area (Å²) in [7, 11) is 1.76. The monoisotopic (exact) mass is 465 g/mol. The molecule has 2 aromatic rings. The summed E-state index contributed by atoms with van der Waals surface area (Å²) in [6.07, 6.45) is 1.03. The van der Waals surface area contributed by atoms with Crippen LogP contribution in [0.5, 0.6) is 5.75 Å². The van der Waals surface area contributed by atoms with E-state index in [2.05, 4.69) is 10.6 Å². The molecule has 0 unspecified atom stereocenters. The van der Waals surface area contributed by atoms with Gasteiger partial charge in [0.05, 0.1) is 24.1 Å². The SMILES string of the molecule is CC(C)C(=O)Nc1ccc2c(c1)C(=O)N(C)[C@@H]1CC[C@H](CC(=O)Nc3ccccc3)O[C@H]1CO2. The zero-order chi connectivity index (χ0) is 24.2. The molecule has 0 spiro atoms. The summed E-state index contributed by atoms with van der Waals surface area (Å²) in [4.78, 5) is 39.5. The lowest BCUT2D eigenvalue weighted by Gasteiger charge is -2.42. The molecule has 0 radical (unpaired) electrons. The number of likely N-dealkylation sites (N-methyl/N-ethyl adjacent to an activating group) is 1. The van der Waals surface area contributed by atoms with Crippen molar-refractivity contribution >= 4 is 29.1 Å². The van der Waals surface area contributed by atoms with E-state index in [4.69, 9.17) is 9.47 Å². The zero-order valence-electron chi connectivity index (χ0n) is 19.7. The van der Waals surface area contributed by atoms with Crippen LogP contribution in [-0.4, -0.2) is 54.5 Å². The highest BCUT2D eigenvalue weighted by molar-refractivity contribution is 6.00. The molecule has 1 fully saturated rings. The molecule has 1 saturated heterocycles. The minimum atomic E-state index is -0.342. The molecule has 2 aliphatic rings. The molecule has 4 rings (SSSR count). The van der Waals surface area contributed by atoms with Crippen LogP contribution in [0, 0.1) is 5.92 Å². The smallest absolute Gasteiger partial charge is 0.257 e. The number of carbonyl (C=O) groups is 3. The molecule has 0 bridgehead atoms. The number of fused-ring (bicyclic) bond motifs is 2. The topological polar surface area (TPSA) is 97.0 Å². The number of hydrogen-bond acceptors (Lipinski definition) is 5. The third-order valence-electron chi connectivity index (χ3n) is 6.27. The Kier molecular flexibility index (Phi) is 7.17. The normalized spacial score (nSPS) is 22.1. The molecule has 0 aromatic heterocycles. The number of rotatable bonds is 5. The van der Waals surface area contributed by atoms with Crippen LogP contribution in [0.15, 0.2) is 48.5 Å². The molecule has 0 saturated carbocycles. The Morgan fingerprint density at radius 2 is 1.82 bits per heavy atom. The van der Waals surface area contributed by atoms with Crippen molar-refractivity contribution in [3.63, 3.8) is 0 Å². The van der Waals surface area contributed by atoms with Crippen LogP contribution in [0.2, 0.25) is 0 Å². The van der Waals surface area contributed by atoms with E-state index >= 15 is 0 Å². The highest BCUT2D eigenvalue weighted by Crippen LogP contribution is 2.32. The molecular weight excluding hydrogens is 434 g/mol. The lowest BCUT2D eigenvalue weighted by Crippen LogP contribution is -2.53. The highest BCUT2D eigenvalue weighted by atomic mass is 16.5. The summed E-state index contributed by atoms with van der Waals surface area (Å²) >= 11 is 0. The number of anilines is 2. The summed E-state index contributed by atoms with van der Waals surface area (Å²) < 4.78 is 12.2. The number of amides is 3. The number of ether oxygens (including phenoxy) is 2. The largest absolute Gasteiger partial charge is 0.490 e. The van der Waals surface area contributed by atoms with E-state index in [1.807, 2.05) is 44.2 Å². The minimum absolute atomic E-state index is 0.104. The van der Waals surface area contributed by atoms with Gasteiger partial charge in [-0.25, -0.2) is 0 Å². The van der Waals surface area contributed by atoms with Crippen LogP contribution >= 0.6 is 0 Å². The van der Waals surface area contributed by atoms with E-state index in [9.17, 15) is 14.4 Å². The van der Waals surface area contributed by atoms with Crippen molar-refractivity contribution < 1.29 is 23.9 Å². The summed E-state index contributed by atoms with van der Waals surface area (Å²) in [5, 5.41) is 5.73. The Balaban J connectivity index is 1.43. The van der Waals surface area contributed by atoms with Gasteiger partial charge in [0.1, 0.15) is 18.5 Å². The lowest BCUT2D eigenvalue weighted by atomic mass is 9.94. The van der Waals surface area contributed by atoms with Gasteiger partial charge in [0.15, 0.2) is 0 Å². The van der Waals surface area contributed by atoms with E-state index < -0.39 is 0 Å². The van der Waals surface area contributed by atoms with Gasteiger partial charge in [-0.15, -0.1) is 0 Å². The average molecular weight is 466 g/mol. The second kappa shape index (κ2) is 10.3. The van der Waals surface area contributed by atoms with Crippen molar-refractivity contribution in [2.24, 2.45) is 5.92 Å². The number of carbonyl (C=O) groups excluding carboxylic acids is 3. The summed E-state index contributed by atoms with van der Waals surface area (Å²) in [5.41, 5.74) is 1.72. The Morgan fingerprint density at radius 1 is 1.06 bits per heavy atom. The van der Waals surface area contributed by atoms with Crippen LogP contribution in [0.25, 0.3) is 0 Å². The van der Waals surface area contributed by atoms with E-state index in [1.54, 1.807) is 30.1 Å². The molecule has 3 amide bonds. The molecular formula is C26H31N3O5. The molecule has 8 nitrogen and oxygen atoms in total. The number of benzene rings is 2. The summed E-state index contributed by atoms with van der Waals surface area (Å²) in [5.74, 6) is -0.123. The van der Waals surface area contributed by atoms with Gasteiger partial charge < -0.3 is 25.0 Å². The predicted octanol–water partition coefficient (Wildman–Crippen LogP) is 3.69. The third kappa shape index (κ3) is 5.39. The maximum atomic E-state index is 13.3. The first-order valence-electron chi connectivity index (χ1n) is 11.7. The van der Waals surface area contributed by atoms with E-state index in [1.165, 1.54) is 0 Å². The molecule has 180 valence electrons. The van der Waals surface area contributed by atoms with Gasteiger partial charge in [-0.05, 0) is 43.2 Å². The molecule has 34 heavy (non-hydrogen) atoms. The fraction of sp³-hybridized carbons (Fsp3) is 0.423. The van der Waals surface area contributed by atoms with E-state index in [0.29, 0.717) is 29.8 Å². The van der Waals surface area contributed by atoms with Crippen LogP contribution < -0.4 is 15.4 Å². The Hall–Kier alpha value is -3.39. The lowest BCUT2D eigenvalue weighted by molar-refractivity contribution is -0.130. The Labute approximate surface area is 199 Å². The zero-order valence-corrected chi connectivity index (χ0v) is 19.7. The first kappa shape index (κ1) is 23.8. The highest BCUT2D eigenvalue weighted by Gasteiger charge is 2.39. The second-order valence-electron chi connectivity index (χ2n) is 9.14. The number of para-hydroxylation sites is 1. The van der Waals surface area contributed by atoms with Crippen LogP contribution in [0.4, 0.5) is 11.4 Å². The molecule has 3 atom stereocenters. The van der Waals surface area contributed by atoms with Gasteiger partial charge in [0.25, 0.3) is 5.91 Å². The molecule has 2 heterocycles. The first-order chi connectivity index (χ1) is 16.3. The van der Waals surface area contributed by atoms with Crippen molar-refractivity contribution in [2.45, 2.75) is 51.4 Å². The van der Waals surface area contributed by atoms with Gasteiger partial charge in [0.2, 0.25) is 11.8 Å². The third-order valence-corrected chi connectivity index (χ3v) is 6.27. The fourth-order valence-electron chi connectivity index (χ4n) is 4.33. The van der Waals surface area contributed by atoms with Crippen molar-refractivity contribution in [3.05, 3.63) is 54.1 Å². The second-order valence-corrected chi connectivity index (χ2v) is 9.14.